The van der Waals surface area contributed by atoms with E-state index in [1.165, 1.54) is 23.3 Å². The number of rotatable bonds is 6. The summed E-state index contributed by atoms with van der Waals surface area (Å²) in [4.78, 5) is 30.2. The minimum atomic E-state index is 0.0763. The van der Waals surface area contributed by atoms with Crippen molar-refractivity contribution in [3.05, 3.63) is 35.4 Å². The number of thioether (sulfide) groups is 2. The molecule has 0 bridgehead atoms. The Kier molecular flexibility index (Phi) is 7.37. The van der Waals surface area contributed by atoms with E-state index in [2.05, 4.69) is 4.37 Å². The first-order valence-corrected chi connectivity index (χ1v) is 14.1. The highest BCUT2D eigenvalue weighted by molar-refractivity contribution is 8.01. The van der Waals surface area contributed by atoms with Crippen LogP contribution in [0.4, 0.5) is 0 Å². The molecule has 6 nitrogen and oxygen atoms in total. The van der Waals surface area contributed by atoms with Gasteiger partial charge in [0.25, 0.3) is 11.8 Å². The fourth-order valence-electron chi connectivity index (χ4n) is 4.62. The predicted octanol–water partition coefficient (Wildman–Crippen LogP) is 4.75. The van der Waals surface area contributed by atoms with Gasteiger partial charge in [-0.2, -0.15) is 4.37 Å². The minimum Gasteiger partial charge on any atom is -0.494 e. The van der Waals surface area contributed by atoms with Crippen molar-refractivity contribution in [3.63, 3.8) is 0 Å². The molecular weight excluding hydrogens is 462 g/mol. The lowest BCUT2D eigenvalue weighted by molar-refractivity contribution is 0.0564. The molecule has 1 spiro atoms. The van der Waals surface area contributed by atoms with Gasteiger partial charge in [0.15, 0.2) is 0 Å². The molecule has 1 aromatic carbocycles. The van der Waals surface area contributed by atoms with Crippen molar-refractivity contribution >= 4 is 46.9 Å². The van der Waals surface area contributed by atoms with Gasteiger partial charge in [-0.1, -0.05) is 0 Å². The summed E-state index contributed by atoms with van der Waals surface area (Å²) in [6.07, 6.45) is 6.85. The molecule has 4 rings (SSSR count). The SMILES string of the molecule is CCOc1ccc(C(=O)N2CCC3(CC2)CCN(C(=O)c2c(SC)nsc2SC)C3)cc1. The Morgan fingerprint density at radius 3 is 2.28 bits per heavy atom. The molecule has 3 heterocycles. The van der Waals surface area contributed by atoms with E-state index in [9.17, 15) is 9.59 Å². The summed E-state index contributed by atoms with van der Waals surface area (Å²) < 4.78 is 10.9. The zero-order chi connectivity index (χ0) is 22.7. The summed E-state index contributed by atoms with van der Waals surface area (Å²) in [5, 5.41) is 0.834. The van der Waals surface area contributed by atoms with E-state index < -0.39 is 0 Å². The number of aromatic nitrogens is 1. The summed E-state index contributed by atoms with van der Waals surface area (Å²) in [5.74, 6) is 0.970. The maximum absolute atomic E-state index is 13.3. The fourth-order valence-corrected chi connectivity index (χ4v) is 6.88. The molecule has 0 radical (unpaired) electrons. The summed E-state index contributed by atoms with van der Waals surface area (Å²) >= 11 is 4.54. The molecule has 2 fully saturated rings. The summed E-state index contributed by atoms with van der Waals surface area (Å²) in [6, 6.07) is 7.39. The van der Waals surface area contributed by atoms with Crippen LogP contribution >= 0.6 is 35.1 Å². The van der Waals surface area contributed by atoms with Crippen LogP contribution in [0.1, 0.15) is 46.9 Å². The van der Waals surface area contributed by atoms with Gasteiger partial charge in [-0.25, -0.2) is 0 Å². The van der Waals surface area contributed by atoms with E-state index in [1.807, 2.05) is 53.5 Å². The molecule has 32 heavy (non-hydrogen) atoms. The van der Waals surface area contributed by atoms with Crippen molar-refractivity contribution in [2.45, 2.75) is 35.4 Å². The van der Waals surface area contributed by atoms with Gasteiger partial charge in [0, 0.05) is 31.7 Å². The molecule has 9 heteroatoms. The van der Waals surface area contributed by atoms with E-state index in [0.717, 1.165) is 66.0 Å². The molecule has 0 saturated carbocycles. The molecule has 2 aromatic rings. The second-order valence-corrected chi connectivity index (χ2v) is 10.9. The van der Waals surface area contributed by atoms with Crippen molar-refractivity contribution in [1.82, 2.24) is 14.2 Å². The molecule has 2 saturated heterocycles. The number of nitrogens with zero attached hydrogens (tertiary/aromatic N) is 3. The van der Waals surface area contributed by atoms with Crippen molar-refractivity contribution in [3.8, 4) is 5.75 Å². The lowest BCUT2D eigenvalue weighted by atomic mass is 9.77. The number of likely N-dealkylation sites (tertiary alicyclic amines) is 2. The Morgan fingerprint density at radius 2 is 1.69 bits per heavy atom. The zero-order valence-electron chi connectivity index (χ0n) is 18.8. The first-order chi connectivity index (χ1) is 15.5. The van der Waals surface area contributed by atoms with Gasteiger partial charge < -0.3 is 14.5 Å². The van der Waals surface area contributed by atoms with Crippen LogP contribution in [0.2, 0.25) is 0 Å². The normalized spacial score (nSPS) is 17.7. The predicted molar refractivity (Wildman–Crippen MR) is 131 cm³/mol. The van der Waals surface area contributed by atoms with Crippen LogP contribution in [0.3, 0.4) is 0 Å². The molecular formula is C23H29N3O3S3. The number of piperidine rings is 1. The molecule has 172 valence electrons. The van der Waals surface area contributed by atoms with E-state index in [1.54, 1.807) is 11.8 Å². The Balaban J connectivity index is 1.37. The third-order valence-electron chi connectivity index (χ3n) is 6.47. The molecule has 0 N–H and O–H groups in total. The van der Waals surface area contributed by atoms with Gasteiger partial charge in [0.2, 0.25) is 0 Å². The number of benzene rings is 1. The highest BCUT2D eigenvalue weighted by Gasteiger charge is 2.43. The average Bonchev–Trinajstić information content (AvgIpc) is 3.43. The average molecular weight is 492 g/mol. The highest BCUT2D eigenvalue weighted by Crippen LogP contribution is 2.42. The lowest BCUT2D eigenvalue weighted by Crippen LogP contribution is -2.44. The second-order valence-electron chi connectivity index (χ2n) is 8.28. The van der Waals surface area contributed by atoms with Gasteiger partial charge >= 0.3 is 0 Å². The maximum Gasteiger partial charge on any atom is 0.258 e. The van der Waals surface area contributed by atoms with Crippen molar-refractivity contribution < 1.29 is 14.3 Å². The Bertz CT molecular complexity index is 947. The minimum absolute atomic E-state index is 0.0763. The molecule has 0 atom stereocenters. The Hall–Kier alpha value is -1.71. The van der Waals surface area contributed by atoms with Gasteiger partial charge in [-0.15, -0.1) is 23.5 Å². The standard InChI is InChI=1S/C23H29N3O3S3/c1-4-29-17-7-5-16(6-8-17)20(27)25-12-9-23(10-13-25)11-14-26(15-23)21(28)18-19(30-2)24-32-22(18)31-3/h5-8H,4,9-15H2,1-3H3. The molecule has 2 aliphatic rings. The Morgan fingerprint density at radius 1 is 1.03 bits per heavy atom. The molecule has 2 amide bonds. The van der Waals surface area contributed by atoms with E-state index in [4.69, 9.17) is 4.74 Å². The summed E-state index contributed by atoms with van der Waals surface area (Å²) in [6.45, 7) is 5.58. The van der Waals surface area contributed by atoms with Crippen molar-refractivity contribution in [1.29, 1.82) is 0 Å². The van der Waals surface area contributed by atoms with Gasteiger partial charge in [0.05, 0.1) is 16.4 Å². The number of ether oxygens (including phenoxy) is 1. The third kappa shape index (κ3) is 4.65. The second kappa shape index (κ2) is 10.1. The van der Waals surface area contributed by atoms with Crippen LogP contribution in [0, 0.1) is 5.41 Å². The van der Waals surface area contributed by atoms with E-state index in [0.29, 0.717) is 12.2 Å². The van der Waals surface area contributed by atoms with E-state index >= 15 is 0 Å². The number of hydrogen-bond acceptors (Lipinski definition) is 7. The van der Waals surface area contributed by atoms with Crippen LogP contribution in [0.15, 0.2) is 33.5 Å². The monoisotopic (exact) mass is 491 g/mol. The third-order valence-corrected chi connectivity index (χ3v) is 9.21. The van der Waals surface area contributed by atoms with Crippen LogP contribution in [0.5, 0.6) is 5.75 Å². The maximum atomic E-state index is 13.3. The van der Waals surface area contributed by atoms with Crippen LogP contribution < -0.4 is 4.74 Å². The van der Waals surface area contributed by atoms with Crippen molar-refractivity contribution in [2.24, 2.45) is 5.41 Å². The molecule has 0 unspecified atom stereocenters. The summed E-state index contributed by atoms with van der Waals surface area (Å²) in [7, 11) is 0. The van der Waals surface area contributed by atoms with E-state index in [-0.39, 0.29) is 17.2 Å². The molecule has 0 aliphatic carbocycles. The number of hydrogen-bond donors (Lipinski definition) is 0. The van der Waals surface area contributed by atoms with Gasteiger partial charge in [-0.3, -0.25) is 9.59 Å². The number of carbonyl (C=O) groups is 2. The highest BCUT2D eigenvalue weighted by atomic mass is 32.2. The number of carbonyl (C=O) groups excluding carboxylic acids is 2. The molecule has 1 aromatic heterocycles. The first-order valence-electron chi connectivity index (χ1n) is 10.9. The zero-order valence-corrected chi connectivity index (χ0v) is 21.2. The largest absolute Gasteiger partial charge is 0.494 e. The van der Waals surface area contributed by atoms with Crippen LogP contribution in [0.25, 0.3) is 0 Å². The smallest absolute Gasteiger partial charge is 0.258 e. The van der Waals surface area contributed by atoms with Crippen LogP contribution in [-0.4, -0.2) is 71.3 Å². The summed E-state index contributed by atoms with van der Waals surface area (Å²) in [5.41, 5.74) is 1.59. The molecule has 2 aliphatic heterocycles. The quantitative estimate of drug-likeness (QED) is 0.543. The van der Waals surface area contributed by atoms with Crippen molar-refractivity contribution in [2.75, 3.05) is 45.3 Å². The topological polar surface area (TPSA) is 62.7 Å². The lowest BCUT2D eigenvalue weighted by Gasteiger charge is -2.39. The first kappa shape index (κ1) is 23.4. The Labute approximate surface area is 202 Å². The fraction of sp³-hybridized carbons (Fsp3) is 0.522. The van der Waals surface area contributed by atoms with Gasteiger partial charge in [0.1, 0.15) is 10.8 Å². The van der Waals surface area contributed by atoms with Gasteiger partial charge in [-0.05, 0) is 79.9 Å². The number of amides is 2. The van der Waals surface area contributed by atoms with Crippen LogP contribution in [-0.2, 0) is 0 Å².